The predicted octanol–water partition coefficient (Wildman–Crippen LogP) is 3.01. The van der Waals surface area contributed by atoms with Gasteiger partial charge in [0, 0.05) is 24.5 Å². The molecule has 0 radical (unpaired) electrons. The van der Waals surface area contributed by atoms with Crippen molar-refractivity contribution in [1.82, 2.24) is 15.0 Å². The standard InChI is InChI=1S/C15H20N4/c1-5-11-8-7-9-17-13(11)15-18-12(6-2)10(3)14(16-4)19-15/h7-9H,5-6H2,1-4H3,(H,16,18,19). The van der Waals surface area contributed by atoms with Crippen molar-refractivity contribution >= 4 is 5.82 Å². The van der Waals surface area contributed by atoms with Crippen molar-refractivity contribution in [3.63, 3.8) is 0 Å². The zero-order valence-corrected chi connectivity index (χ0v) is 12.0. The van der Waals surface area contributed by atoms with Gasteiger partial charge in [0.25, 0.3) is 0 Å². The van der Waals surface area contributed by atoms with E-state index in [4.69, 9.17) is 0 Å². The minimum Gasteiger partial charge on any atom is -0.373 e. The normalized spacial score (nSPS) is 10.5. The highest BCUT2D eigenvalue weighted by molar-refractivity contribution is 5.59. The van der Waals surface area contributed by atoms with Crippen LogP contribution in [-0.4, -0.2) is 22.0 Å². The van der Waals surface area contributed by atoms with Gasteiger partial charge in [-0.1, -0.05) is 19.9 Å². The SMILES string of the molecule is CCc1cccnc1-c1nc(CC)c(C)c(NC)n1. The van der Waals surface area contributed by atoms with Crippen LogP contribution in [0.1, 0.15) is 30.7 Å². The van der Waals surface area contributed by atoms with Crippen LogP contribution >= 0.6 is 0 Å². The van der Waals surface area contributed by atoms with Crippen LogP contribution in [0.2, 0.25) is 0 Å². The maximum absolute atomic E-state index is 4.66. The Morgan fingerprint density at radius 2 is 1.95 bits per heavy atom. The monoisotopic (exact) mass is 256 g/mol. The quantitative estimate of drug-likeness (QED) is 0.913. The van der Waals surface area contributed by atoms with Gasteiger partial charge < -0.3 is 5.32 Å². The molecule has 0 unspecified atom stereocenters. The molecule has 0 saturated carbocycles. The van der Waals surface area contributed by atoms with Gasteiger partial charge in [-0.05, 0) is 31.4 Å². The first-order valence-corrected chi connectivity index (χ1v) is 6.70. The average Bonchev–Trinajstić information content (AvgIpc) is 2.47. The Labute approximate surface area is 114 Å². The molecule has 4 heteroatoms. The molecule has 0 atom stereocenters. The molecule has 2 aromatic heterocycles. The van der Waals surface area contributed by atoms with Gasteiger partial charge in [0.1, 0.15) is 11.5 Å². The Bertz CT molecular complexity index is 553. The van der Waals surface area contributed by atoms with Gasteiger partial charge in [-0.3, -0.25) is 4.98 Å². The fraction of sp³-hybridized carbons (Fsp3) is 0.400. The van der Waals surface area contributed by atoms with Crippen LogP contribution in [0, 0.1) is 6.92 Å². The Morgan fingerprint density at radius 1 is 1.16 bits per heavy atom. The summed E-state index contributed by atoms with van der Waals surface area (Å²) in [5, 5.41) is 3.14. The van der Waals surface area contributed by atoms with Crippen molar-refractivity contribution in [2.24, 2.45) is 0 Å². The summed E-state index contributed by atoms with van der Waals surface area (Å²) >= 11 is 0. The number of rotatable bonds is 4. The molecular weight excluding hydrogens is 236 g/mol. The van der Waals surface area contributed by atoms with E-state index in [0.29, 0.717) is 5.82 Å². The number of nitrogens with one attached hydrogen (secondary N) is 1. The van der Waals surface area contributed by atoms with Gasteiger partial charge in [-0.2, -0.15) is 0 Å². The lowest BCUT2D eigenvalue weighted by molar-refractivity contribution is 0.964. The van der Waals surface area contributed by atoms with Crippen molar-refractivity contribution in [1.29, 1.82) is 0 Å². The van der Waals surface area contributed by atoms with Gasteiger partial charge in [0.05, 0.1) is 0 Å². The third-order valence-electron chi connectivity index (χ3n) is 3.30. The third-order valence-corrected chi connectivity index (χ3v) is 3.30. The van der Waals surface area contributed by atoms with Gasteiger partial charge in [-0.15, -0.1) is 0 Å². The van der Waals surface area contributed by atoms with Crippen molar-refractivity contribution in [3.05, 3.63) is 35.2 Å². The van der Waals surface area contributed by atoms with Crippen LogP contribution in [0.5, 0.6) is 0 Å². The molecule has 2 heterocycles. The average molecular weight is 256 g/mol. The fourth-order valence-electron chi connectivity index (χ4n) is 2.18. The first kappa shape index (κ1) is 13.5. The molecule has 4 nitrogen and oxygen atoms in total. The van der Waals surface area contributed by atoms with Gasteiger partial charge >= 0.3 is 0 Å². The first-order chi connectivity index (χ1) is 9.21. The number of hydrogen-bond donors (Lipinski definition) is 1. The second-order valence-electron chi connectivity index (χ2n) is 4.44. The zero-order chi connectivity index (χ0) is 13.8. The van der Waals surface area contributed by atoms with Gasteiger partial charge in [0.2, 0.25) is 0 Å². The lowest BCUT2D eigenvalue weighted by atomic mass is 10.1. The number of hydrogen-bond acceptors (Lipinski definition) is 4. The summed E-state index contributed by atoms with van der Waals surface area (Å²) in [4.78, 5) is 13.7. The summed E-state index contributed by atoms with van der Waals surface area (Å²) in [7, 11) is 1.89. The van der Waals surface area contributed by atoms with Crippen LogP contribution in [-0.2, 0) is 12.8 Å². The maximum atomic E-state index is 4.66. The van der Waals surface area contributed by atoms with E-state index in [1.54, 1.807) is 6.20 Å². The van der Waals surface area contributed by atoms with E-state index >= 15 is 0 Å². The van der Waals surface area contributed by atoms with Crippen molar-refractivity contribution in [3.8, 4) is 11.5 Å². The van der Waals surface area contributed by atoms with Crippen LogP contribution in [0.4, 0.5) is 5.82 Å². The topological polar surface area (TPSA) is 50.7 Å². The van der Waals surface area contributed by atoms with E-state index in [2.05, 4.69) is 40.2 Å². The molecule has 0 spiro atoms. The van der Waals surface area contributed by atoms with E-state index in [1.807, 2.05) is 20.0 Å². The molecule has 100 valence electrons. The van der Waals surface area contributed by atoms with Crippen LogP contribution in [0.15, 0.2) is 18.3 Å². The van der Waals surface area contributed by atoms with Gasteiger partial charge in [-0.25, -0.2) is 9.97 Å². The molecule has 2 aromatic rings. The lowest BCUT2D eigenvalue weighted by Crippen LogP contribution is -2.06. The highest BCUT2D eigenvalue weighted by atomic mass is 15.0. The molecule has 1 N–H and O–H groups in total. The number of pyridine rings is 1. The number of aromatic nitrogens is 3. The second-order valence-corrected chi connectivity index (χ2v) is 4.44. The number of aryl methyl sites for hydroxylation is 2. The Hall–Kier alpha value is -1.97. The van der Waals surface area contributed by atoms with E-state index < -0.39 is 0 Å². The predicted molar refractivity (Wildman–Crippen MR) is 78.3 cm³/mol. The number of anilines is 1. The Kier molecular flexibility index (Phi) is 4.10. The largest absolute Gasteiger partial charge is 0.373 e. The van der Waals surface area contributed by atoms with E-state index in [0.717, 1.165) is 35.6 Å². The number of nitrogens with zero attached hydrogens (tertiary/aromatic N) is 3. The summed E-state index contributed by atoms with van der Waals surface area (Å²) in [5.74, 6) is 1.60. The molecule has 0 fully saturated rings. The first-order valence-electron chi connectivity index (χ1n) is 6.70. The third kappa shape index (κ3) is 2.57. The molecule has 0 bridgehead atoms. The van der Waals surface area contributed by atoms with E-state index in [9.17, 15) is 0 Å². The highest BCUT2D eigenvalue weighted by Gasteiger charge is 2.13. The molecule has 0 amide bonds. The minimum absolute atomic E-state index is 0.712. The Balaban J connectivity index is 2.62. The molecule has 0 aliphatic heterocycles. The van der Waals surface area contributed by atoms with Crippen LogP contribution in [0.25, 0.3) is 11.5 Å². The molecular formula is C15H20N4. The summed E-state index contributed by atoms with van der Waals surface area (Å²) < 4.78 is 0. The molecule has 0 saturated heterocycles. The summed E-state index contributed by atoms with van der Waals surface area (Å²) in [5.41, 5.74) is 4.25. The minimum atomic E-state index is 0.712. The summed E-state index contributed by atoms with van der Waals surface area (Å²) in [6.07, 6.45) is 3.61. The van der Waals surface area contributed by atoms with E-state index in [-0.39, 0.29) is 0 Å². The smallest absolute Gasteiger partial charge is 0.180 e. The maximum Gasteiger partial charge on any atom is 0.180 e. The summed E-state index contributed by atoms with van der Waals surface area (Å²) in [6.45, 7) is 6.28. The van der Waals surface area contributed by atoms with Crippen LogP contribution < -0.4 is 5.32 Å². The molecule has 0 aliphatic rings. The molecule has 0 aromatic carbocycles. The zero-order valence-electron chi connectivity index (χ0n) is 12.0. The lowest BCUT2D eigenvalue weighted by Gasteiger charge is -2.12. The van der Waals surface area contributed by atoms with Gasteiger partial charge in [0.15, 0.2) is 5.82 Å². The summed E-state index contributed by atoms with van der Waals surface area (Å²) in [6, 6.07) is 4.03. The van der Waals surface area contributed by atoms with Crippen molar-refractivity contribution < 1.29 is 0 Å². The van der Waals surface area contributed by atoms with Crippen molar-refractivity contribution in [2.75, 3.05) is 12.4 Å². The second kappa shape index (κ2) is 5.78. The fourth-order valence-corrected chi connectivity index (χ4v) is 2.18. The molecule has 19 heavy (non-hydrogen) atoms. The highest BCUT2D eigenvalue weighted by Crippen LogP contribution is 2.23. The van der Waals surface area contributed by atoms with Crippen molar-refractivity contribution in [2.45, 2.75) is 33.6 Å². The van der Waals surface area contributed by atoms with Crippen LogP contribution in [0.3, 0.4) is 0 Å². The van der Waals surface area contributed by atoms with E-state index in [1.165, 1.54) is 5.56 Å². The molecule has 2 rings (SSSR count). The molecule has 0 aliphatic carbocycles. The Morgan fingerprint density at radius 3 is 2.58 bits per heavy atom.